The van der Waals surface area contributed by atoms with Gasteiger partial charge in [-0.3, -0.25) is 4.99 Å². The SMILES string of the molecule is CN(C)C=NC([S-])=C(C#N)[P+](c1ccccc1)(c1ccccc1)c1ccccc1. The summed E-state index contributed by atoms with van der Waals surface area (Å²) in [5.41, 5.74) is 0. The van der Waals surface area contributed by atoms with Crippen LogP contribution in [0.2, 0.25) is 0 Å². The number of allylic oxidation sites excluding steroid dienone is 1. The van der Waals surface area contributed by atoms with Crippen LogP contribution in [0.15, 0.2) is 106 Å². The molecule has 3 rings (SSSR count). The third kappa shape index (κ3) is 4.22. The number of aliphatic imine (C=N–C) groups is 1. The van der Waals surface area contributed by atoms with Gasteiger partial charge in [0.15, 0.2) is 12.6 Å². The van der Waals surface area contributed by atoms with Crippen LogP contribution in [0.25, 0.3) is 0 Å². The Hall–Kier alpha value is -2.99. The molecule has 0 aliphatic rings. The second-order valence-electron chi connectivity index (χ2n) is 6.65. The average molecular weight is 416 g/mol. The summed E-state index contributed by atoms with van der Waals surface area (Å²) >= 11 is 5.68. The van der Waals surface area contributed by atoms with Crippen molar-refractivity contribution in [3.05, 3.63) is 101 Å². The predicted molar refractivity (Wildman–Crippen MR) is 127 cm³/mol. The molecule has 144 valence electrons. The molecule has 3 aromatic carbocycles. The fourth-order valence-corrected chi connectivity index (χ4v) is 7.81. The van der Waals surface area contributed by atoms with Crippen LogP contribution in [0.5, 0.6) is 0 Å². The molecule has 0 spiro atoms. The third-order valence-corrected chi connectivity index (χ3v) is 9.14. The third-order valence-electron chi connectivity index (χ3n) is 4.48. The summed E-state index contributed by atoms with van der Waals surface area (Å²) in [5, 5.41) is 14.4. The Balaban J connectivity index is 2.46. The Labute approximate surface area is 178 Å². The standard InChI is InChI=1S/C24H22N3PS/c1-27(2)19-26-24(29)23(18-25)28(20-12-6-3-7-13-20,21-14-8-4-9-15-21)22-16-10-5-11-17-22/h3-17,19H,1-2H3. The Morgan fingerprint density at radius 1 is 0.828 bits per heavy atom. The van der Waals surface area contributed by atoms with Crippen LogP contribution in [-0.4, -0.2) is 25.3 Å². The summed E-state index contributed by atoms with van der Waals surface area (Å²) in [6, 6.07) is 33.0. The molecular formula is C24H22N3PS. The highest BCUT2D eigenvalue weighted by atomic mass is 32.1. The normalized spacial score (nSPS) is 12.3. The predicted octanol–water partition coefficient (Wildman–Crippen LogP) is 3.81. The van der Waals surface area contributed by atoms with E-state index in [4.69, 9.17) is 12.6 Å². The fourth-order valence-electron chi connectivity index (χ4n) is 3.28. The van der Waals surface area contributed by atoms with Crippen LogP contribution >= 0.6 is 7.26 Å². The van der Waals surface area contributed by atoms with Crippen LogP contribution in [0.1, 0.15) is 0 Å². The largest absolute Gasteiger partial charge is 0.756 e. The summed E-state index contributed by atoms with van der Waals surface area (Å²) in [4.78, 5) is 6.25. The number of hydrogen-bond acceptors (Lipinski definition) is 3. The summed E-state index contributed by atoms with van der Waals surface area (Å²) in [7, 11) is 1.26. The molecule has 0 fully saturated rings. The first-order valence-electron chi connectivity index (χ1n) is 9.19. The topological polar surface area (TPSA) is 39.4 Å². The molecule has 0 N–H and O–H groups in total. The quantitative estimate of drug-likeness (QED) is 0.202. The van der Waals surface area contributed by atoms with Gasteiger partial charge in [0.1, 0.15) is 22.0 Å². The first-order valence-corrected chi connectivity index (χ1v) is 11.4. The van der Waals surface area contributed by atoms with Gasteiger partial charge in [0.2, 0.25) is 0 Å². The lowest BCUT2D eigenvalue weighted by molar-refractivity contribution is 0.643. The van der Waals surface area contributed by atoms with E-state index in [1.807, 2.05) is 73.6 Å². The molecule has 0 heterocycles. The van der Waals surface area contributed by atoms with Crippen molar-refractivity contribution < 1.29 is 0 Å². The monoisotopic (exact) mass is 415 g/mol. The van der Waals surface area contributed by atoms with E-state index in [0.717, 1.165) is 15.9 Å². The van der Waals surface area contributed by atoms with Gasteiger partial charge in [0.05, 0.1) is 6.34 Å². The number of hydrogen-bond donors (Lipinski definition) is 0. The minimum atomic E-state index is -2.50. The van der Waals surface area contributed by atoms with Gasteiger partial charge in [-0.15, -0.1) is 0 Å². The maximum absolute atomic E-state index is 10.3. The second-order valence-corrected chi connectivity index (χ2v) is 10.4. The second kappa shape index (κ2) is 9.47. The molecule has 3 aromatic rings. The van der Waals surface area contributed by atoms with Crippen molar-refractivity contribution in [3.8, 4) is 6.07 Å². The van der Waals surface area contributed by atoms with E-state index in [1.54, 1.807) is 6.34 Å². The lowest BCUT2D eigenvalue weighted by Crippen LogP contribution is -2.32. The first-order chi connectivity index (χ1) is 14.1. The molecule has 5 heteroatoms. The smallest absolute Gasteiger partial charge is 0.184 e. The van der Waals surface area contributed by atoms with Crippen molar-refractivity contribution in [2.24, 2.45) is 4.99 Å². The zero-order chi connectivity index (χ0) is 20.7. The summed E-state index contributed by atoms with van der Waals surface area (Å²) < 4.78 is 0. The zero-order valence-electron chi connectivity index (χ0n) is 16.4. The molecular weight excluding hydrogens is 393 g/mol. The molecule has 0 amide bonds. The van der Waals surface area contributed by atoms with Crippen LogP contribution in [0.3, 0.4) is 0 Å². The lowest BCUT2D eigenvalue weighted by Gasteiger charge is -2.28. The number of rotatable bonds is 6. The Bertz CT molecular complexity index is 943. The van der Waals surface area contributed by atoms with E-state index in [0.29, 0.717) is 10.3 Å². The van der Waals surface area contributed by atoms with Gasteiger partial charge < -0.3 is 17.5 Å². The van der Waals surface area contributed by atoms with Crippen molar-refractivity contribution in [2.45, 2.75) is 0 Å². The number of nitriles is 1. The molecule has 0 radical (unpaired) electrons. The van der Waals surface area contributed by atoms with Gasteiger partial charge in [-0.05, 0) is 41.4 Å². The fraction of sp³-hybridized carbons (Fsp3) is 0.0833. The summed E-state index contributed by atoms with van der Waals surface area (Å²) in [5.74, 6) is 0. The molecule has 0 aromatic heterocycles. The van der Waals surface area contributed by atoms with Gasteiger partial charge in [-0.25, -0.2) is 0 Å². The van der Waals surface area contributed by atoms with Gasteiger partial charge in [0.25, 0.3) is 0 Å². The van der Waals surface area contributed by atoms with Gasteiger partial charge in [-0.2, -0.15) is 5.26 Å². The highest BCUT2D eigenvalue weighted by Gasteiger charge is 2.50. The van der Waals surface area contributed by atoms with E-state index in [2.05, 4.69) is 47.5 Å². The zero-order valence-corrected chi connectivity index (χ0v) is 18.1. The van der Waals surface area contributed by atoms with Crippen LogP contribution in [0.4, 0.5) is 0 Å². The van der Waals surface area contributed by atoms with Crippen molar-refractivity contribution >= 4 is 42.1 Å². The van der Waals surface area contributed by atoms with E-state index < -0.39 is 7.26 Å². The Morgan fingerprint density at radius 3 is 1.52 bits per heavy atom. The molecule has 0 saturated heterocycles. The van der Waals surface area contributed by atoms with Crippen molar-refractivity contribution in [1.29, 1.82) is 5.26 Å². The molecule has 3 nitrogen and oxygen atoms in total. The average Bonchev–Trinajstić information content (AvgIpc) is 2.77. The molecule has 0 unspecified atom stereocenters. The Kier molecular flexibility index (Phi) is 6.77. The van der Waals surface area contributed by atoms with Crippen molar-refractivity contribution in [3.63, 3.8) is 0 Å². The van der Waals surface area contributed by atoms with E-state index in [1.165, 1.54) is 0 Å². The highest BCUT2D eigenvalue weighted by molar-refractivity contribution is 7.99. The highest BCUT2D eigenvalue weighted by Crippen LogP contribution is 2.63. The first kappa shape index (κ1) is 20.7. The minimum Gasteiger partial charge on any atom is -0.756 e. The molecule has 0 aliphatic carbocycles. The summed E-state index contributed by atoms with van der Waals surface area (Å²) in [6.07, 6.45) is 1.65. The van der Waals surface area contributed by atoms with E-state index in [-0.39, 0.29) is 0 Å². The molecule has 0 bridgehead atoms. The maximum Gasteiger partial charge on any atom is 0.184 e. The van der Waals surface area contributed by atoms with Crippen molar-refractivity contribution in [1.82, 2.24) is 4.90 Å². The molecule has 0 saturated carbocycles. The molecule has 0 aliphatic heterocycles. The minimum absolute atomic E-state index is 0.325. The number of benzene rings is 3. The van der Waals surface area contributed by atoms with Gasteiger partial charge in [-0.1, -0.05) is 54.6 Å². The Morgan fingerprint density at radius 2 is 1.21 bits per heavy atom. The number of nitrogens with zero attached hydrogens (tertiary/aromatic N) is 3. The molecule has 0 atom stereocenters. The summed E-state index contributed by atoms with van der Waals surface area (Å²) in [6.45, 7) is 0. The van der Waals surface area contributed by atoms with E-state index >= 15 is 0 Å². The van der Waals surface area contributed by atoms with Crippen LogP contribution < -0.4 is 15.9 Å². The van der Waals surface area contributed by atoms with E-state index in [9.17, 15) is 5.26 Å². The maximum atomic E-state index is 10.3. The van der Waals surface area contributed by atoms with Gasteiger partial charge in [0, 0.05) is 14.1 Å². The van der Waals surface area contributed by atoms with Gasteiger partial charge >= 0.3 is 0 Å². The van der Waals surface area contributed by atoms with Crippen molar-refractivity contribution in [2.75, 3.05) is 14.1 Å². The lowest BCUT2D eigenvalue weighted by atomic mass is 10.4. The van der Waals surface area contributed by atoms with Crippen LogP contribution in [0, 0.1) is 11.3 Å². The van der Waals surface area contributed by atoms with Crippen LogP contribution in [-0.2, 0) is 12.6 Å². The molecule has 29 heavy (non-hydrogen) atoms.